The molecule has 6 heteroatoms. The van der Waals surface area contributed by atoms with Gasteiger partial charge in [0.1, 0.15) is 17.2 Å². The molecule has 2 aromatic rings. The highest BCUT2D eigenvalue weighted by Crippen LogP contribution is 2.26. The van der Waals surface area contributed by atoms with Gasteiger partial charge in [-0.05, 0) is 12.1 Å². The number of hydrogen-bond donors (Lipinski definition) is 2. The van der Waals surface area contributed by atoms with Gasteiger partial charge in [0, 0.05) is 42.8 Å². The fourth-order valence-electron chi connectivity index (χ4n) is 1.78. The number of ether oxygens (including phenoxy) is 2. The van der Waals surface area contributed by atoms with Gasteiger partial charge in [-0.15, -0.1) is 0 Å². The summed E-state index contributed by atoms with van der Waals surface area (Å²) >= 11 is 0. The molecule has 0 fully saturated rings. The van der Waals surface area contributed by atoms with Crippen LogP contribution in [-0.4, -0.2) is 32.2 Å². The van der Waals surface area contributed by atoms with E-state index in [1.807, 2.05) is 0 Å². The molecule has 2 rings (SSSR count). The molecule has 1 amide bonds. The third-order valence-electron chi connectivity index (χ3n) is 2.89. The molecule has 0 bridgehead atoms. The smallest absolute Gasteiger partial charge is 0.274 e. The van der Waals surface area contributed by atoms with E-state index in [2.05, 4.69) is 15.6 Å². The number of rotatable bonds is 5. The molecule has 0 aliphatic rings. The third kappa shape index (κ3) is 3.62. The summed E-state index contributed by atoms with van der Waals surface area (Å²) in [7, 11) is 4.89. The molecule has 2 N–H and O–H groups in total. The average Bonchev–Trinajstić information content (AvgIpc) is 2.54. The minimum absolute atomic E-state index is 0.303. The molecular weight excluding hydrogens is 270 g/mol. The lowest BCUT2D eigenvalue weighted by Crippen LogP contribution is -2.14. The van der Waals surface area contributed by atoms with E-state index in [1.165, 1.54) is 0 Å². The zero-order valence-corrected chi connectivity index (χ0v) is 12.1. The minimum Gasteiger partial charge on any atom is -0.497 e. The molecule has 0 spiro atoms. The first-order valence-electron chi connectivity index (χ1n) is 6.34. The number of hydrogen-bond acceptors (Lipinski definition) is 5. The van der Waals surface area contributed by atoms with Crippen molar-refractivity contribution in [3.8, 4) is 11.5 Å². The number of methoxy groups -OCH3 is 2. The van der Waals surface area contributed by atoms with E-state index in [-0.39, 0.29) is 5.91 Å². The largest absolute Gasteiger partial charge is 0.497 e. The Kier molecular flexibility index (Phi) is 4.61. The zero-order chi connectivity index (χ0) is 15.2. The zero-order valence-electron chi connectivity index (χ0n) is 12.1. The molecule has 0 saturated carbocycles. The van der Waals surface area contributed by atoms with Crippen LogP contribution >= 0.6 is 0 Å². The normalized spacial score (nSPS) is 9.86. The Labute approximate surface area is 123 Å². The van der Waals surface area contributed by atoms with Gasteiger partial charge in [0.25, 0.3) is 5.91 Å². The number of nitrogens with zero attached hydrogens (tertiary/aromatic N) is 1. The first-order chi connectivity index (χ1) is 10.2. The Morgan fingerprint density at radius 1 is 1.05 bits per heavy atom. The Bertz CT molecular complexity index is 622. The van der Waals surface area contributed by atoms with E-state index in [9.17, 15) is 4.79 Å². The predicted molar refractivity (Wildman–Crippen MR) is 81.3 cm³/mol. The van der Waals surface area contributed by atoms with Crippen LogP contribution in [0.1, 0.15) is 10.5 Å². The van der Waals surface area contributed by atoms with E-state index in [0.29, 0.717) is 22.9 Å². The van der Waals surface area contributed by atoms with Crippen molar-refractivity contribution in [2.24, 2.45) is 0 Å². The van der Waals surface area contributed by atoms with Gasteiger partial charge in [-0.1, -0.05) is 0 Å². The number of benzene rings is 1. The van der Waals surface area contributed by atoms with Gasteiger partial charge in [-0.2, -0.15) is 0 Å². The maximum absolute atomic E-state index is 12.2. The van der Waals surface area contributed by atoms with Gasteiger partial charge in [0.15, 0.2) is 0 Å². The van der Waals surface area contributed by atoms with Crippen LogP contribution in [0, 0.1) is 0 Å². The summed E-state index contributed by atoms with van der Waals surface area (Å²) in [5.41, 5.74) is 1.72. The summed E-state index contributed by atoms with van der Waals surface area (Å²) in [6.45, 7) is 0. The van der Waals surface area contributed by atoms with Gasteiger partial charge in [0.05, 0.1) is 14.2 Å². The highest BCUT2D eigenvalue weighted by Gasteiger charge is 2.10. The lowest BCUT2D eigenvalue weighted by molar-refractivity contribution is 0.102. The molecule has 1 aromatic heterocycles. The highest BCUT2D eigenvalue weighted by molar-refractivity contribution is 6.03. The quantitative estimate of drug-likeness (QED) is 0.883. The van der Waals surface area contributed by atoms with Crippen molar-refractivity contribution in [1.82, 2.24) is 4.98 Å². The van der Waals surface area contributed by atoms with E-state index in [4.69, 9.17) is 9.47 Å². The first-order valence-corrected chi connectivity index (χ1v) is 6.34. The van der Waals surface area contributed by atoms with Crippen molar-refractivity contribution >= 4 is 17.3 Å². The van der Waals surface area contributed by atoms with Gasteiger partial charge in [0.2, 0.25) is 0 Å². The van der Waals surface area contributed by atoms with E-state index in [1.54, 1.807) is 57.8 Å². The molecule has 0 radical (unpaired) electrons. The molecule has 6 nitrogen and oxygen atoms in total. The number of aromatic nitrogens is 1. The summed E-state index contributed by atoms with van der Waals surface area (Å²) in [5.74, 6) is 0.894. The molecule has 1 aromatic carbocycles. The molecule has 0 aliphatic carbocycles. The highest BCUT2D eigenvalue weighted by atomic mass is 16.5. The summed E-state index contributed by atoms with van der Waals surface area (Å²) in [6.07, 6.45) is 1.58. The van der Waals surface area contributed by atoms with Crippen LogP contribution in [0.4, 0.5) is 11.4 Å². The molecular formula is C15H17N3O3. The second-order valence-electron chi connectivity index (χ2n) is 4.24. The van der Waals surface area contributed by atoms with Gasteiger partial charge in [-0.25, -0.2) is 0 Å². The minimum atomic E-state index is -0.303. The Morgan fingerprint density at radius 2 is 1.71 bits per heavy atom. The van der Waals surface area contributed by atoms with E-state index < -0.39 is 0 Å². The fourth-order valence-corrected chi connectivity index (χ4v) is 1.78. The number of carbonyl (C=O) groups is 1. The number of carbonyl (C=O) groups excluding carboxylic acids is 1. The molecule has 0 unspecified atom stereocenters. The summed E-state index contributed by atoms with van der Waals surface area (Å²) < 4.78 is 10.3. The number of pyridine rings is 1. The molecule has 0 saturated heterocycles. The van der Waals surface area contributed by atoms with Crippen LogP contribution in [-0.2, 0) is 0 Å². The summed E-state index contributed by atoms with van der Waals surface area (Å²) in [4.78, 5) is 16.3. The predicted octanol–water partition coefficient (Wildman–Crippen LogP) is 2.39. The van der Waals surface area contributed by atoms with Crippen LogP contribution in [0.5, 0.6) is 11.5 Å². The maximum atomic E-state index is 12.2. The Balaban J connectivity index is 2.22. The van der Waals surface area contributed by atoms with Crippen molar-refractivity contribution < 1.29 is 14.3 Å². The first kappa shape index (κ1) is 14.6. The van der Waals surface area contributed by atoms with E-state index >= 15 is 0 Å². The Hall–Kier alpha value is -2.76. The lowest BCUT2D eigenvalue weighted by Gasteiger charge is -2.10. The van der Waals surface area contributed by atoms with E-state index in [0.717, 1.165) is 5.69 Å². The van der Waals surface area contributed by atoms with Gasteiger partial charge >= 0.3 is 0 Å². The van der Waals surface area contributed by atoms with Crippen LogP contribution < -0.4 is 20.1 Å². The maximum Gasteiger partial charge on any atom is 0.274 e. The van der Waals surface area contributed by atoms with Crippen LogP contribution in [0.3, 0.4) is 0 Å². The van der Waals surface area contributed by atoms with Gasteiger partial charge < -0.3 is 20.1 Å². The van der Waals surface area contributed by atoms with Crippen molar-refractivity contribution in [3.05, 3.63) is 42.2 Å². The van der Waals surface area contributed by atoms with Crippen LogP contribution in [0.25, 0.3) is 0 Å². The average molecular weight is 287 g/mol. The van der Waals surface area contributed by atoms with Crippen molar-refractivity contribution in [2.45, 2.75) is 0 Å². The van der Waals surface area contributed by atoms with Gasteiger partial charge in [-0.3, -0.25) is 9.78 Å². The molecule has 110 valence electrons. The Morgan fingerprint density at radius 3 is 2.29 bits per heavy atom. The number of nitrogens with one attached hydrogen (secondary N) is 2. The monoisotopic (exact) mass is 287 g/mol. The second-order valence-corrected chi connectivity index (χ2v) is 4.24. The van der Waals surface area contributed by atoms with Crippen LogP contribution in [0.2, 0.25) is 0 Å². The van der Waals surface area contributed by atoms with Crippen LogP contribution in [0.15, 0.2) is 36.5 Å². The summed E-state index contributed by atoms with van der Waals surface area (Å²) in [6, 6.07) is 8.61. The molecule has 0 aliphatic heterocycles. The third-order valence-corrected chi connectivity index (χ3v) is 2.89. The van der Waals surface area contributed by atoms with Crippen molar-refractivity contribution in [3.63, 3.8) is 0 Å². The SMILES string of the molecule is CNc1ccnc(C(=O)Nc2cc(OC)cc(OC)c2)c1. The van der Waals surface area contributed by atoms with Crippen molar-refractivity contribution in [1.29, 1.82) is 0 Å². The summed E-state index contributed by atoms with van der Waals surface area (Å²) in [5, 5.41) is 5.73. The molecule has 21 heavy (non-hydrogen) atoms. The molecule has 1 heterocycles. The van der Waals surface area contributed by atoms with Crippen molar-refractivity contribution in [2.75, 3.05) is 31.9 Å². The number of amides is 1. The topological polar surface area (TPSA) is 72.5 Å². The lowest BCUT2D eigenvalue weighted by atomic mass is 10.2. The standard InChI is InChI=1S/C15H17N3O3/c1-16-10-4-5-17-14(8-10)15(19)18-11-6-12(20-2)9-13(7-11)21-3/h4-9H,1-3H3,(H,16,17)(H,18,19). The number of anilines is 2. The second kappa shape index (κ2) is 6.60. The molecule has 0 atom stereocenters. The fraction of sp³-hybridized carbons (Fsp3) is 0.200.